The molecule has 1 fully saturated rings. The number of hydrogen-bond acceptors (Lipinski definition) is 4. The Morgan fingerprint density at radius 1 is 1.53 bits per heavy atom. The van der Waals surface area contributed by atoms with Crippen LogP contribution in [0, 0.1) is 17.2 Å². The summed E-state index contributed by atoms with van der Waals surface area (Å²) in [4.78, 5) is 9.14. The molecule has 1 unspecified atom stereocenters. The zero-order valence-electron chi connectivity index (χ0n) is 9.32. The number of hydrogen-bond donors (Lipinski definition) is 0. The summed E-state index contributed by atoms with van der Waals surface area (Å²) in [6.45, 7) is 4.14. The molecular weight excluding hydrogens is 188 g/mol. The summed E-state index contributed by atoms with van der Waals surface area (Å²) in [7, 11) is 2.11. The minimum atomic E-state index is 0.549. The number of nitriles is 1. The quantitative estimate of drug-likeness (QED) is 0.640. The van der Waals surface area contributed by atoms with Gasteiger partial charge in [-0.25, -0.2) is 0 Å². The molecule has 0 bridgehead atoms. The number of guanidine groups is 1. The van der Waals surface area contributed by atoms with Gasteiger partial charge in [-0.3, -0.25) is 4.99 Å². The predicted molar refractivity (Wildman–Crippen MR) is 59.5 cm³/mol. The Bertz CT molecular complexity index is 291. The van der Waals surface area contributed by atoms with Crippen molar-refractivity contribution >= 4 is 5.96 Å². The molecule has 4 heteroatoms. The van der Waals surface area contributed by atoms with Crippen molar-refractivity contribution in [3.05, 3.63) is 0 Å². The van der Waals surface area contributed by atoms with Crippen molar-refractivity contribution in [2.45, 2.75) is 19.3 Å². The van der Waals surface area contributed by atoms with E-state index in [9.17, 15) is 0 Å². The third-order valence-corrected chi connectivity index (χ3v) is 3.19. The predicted octanol–water partition coefficient (Wildman–Crippen LogP) is 0.913. The largest absolute Gasteiger partial charge is 0.346 e. The number of likely N-dealkylation sites (tertiary alicyclic amines) is 1. The van der Waals surface area contributed by atoms with E-state index in [0.717, 1.165) is 45.0 Å². The van der Waals surface area contributed by atoms with Crippen LogP contribution in [-0.2, 0) is 0 Å². The van der Waals surface area contributed by atoms with Crippen LogP contribution in [0.3, 0.4) is 0 Å². The number of rotatable bonds is 1. The van der Waals surface area contributed by atoms with Crippen molar-refractivity contribution in [2.24, 2.45) is 10.9 Å². The molecule has 1 saturated heterocycles. The van der Waals surface area contributed by atoms with E-state index in [-0.39, 0.29) is 0 Å². The van der Waals surface area contributed by atoms with Gasteiger partial charge < -0.3 is 9.80 Å². The Morgan fingerprint density at radius 2 is 2.40 bits per heavy atom. The average Bonchev–Trinajstić information content (AvgIpc) is 2.68. The Kier molecular flexibility index (Phi) is 3.10. The molecule has 0 saturated carbocycles. The number of aliphatic imine (C=N–C) groups is 1. The first-order chi connectivity index (χ1) is 7.31. The maximum absolute atomic E-state index is 8.67. The van der Waals surface area contributed by atoms with Gasteiger partial charge in [0.2, 0.25) is 0 Å². The average molecular weight is 206 g/mol. The van der Waals surface area contributed by atoms with Crippen molar-refractivity contribution in [2.75, 3.05) is 33.2 Å². The normalized spacial score (nSPS) is 26.4. The van der Waals surface area contributed by atoms with Gasteiger partial charge in [-0.15, -0.1) is 0 Å². The summed E-state index contributed by atoms with van der Waals surface area (Å²) in [6, 6.07) is 2.26. The highest BCUT2D eigenvalue weighted by atomic mass is 15.4. The first-order valence-corrected chi connectivity index (χ1v) is 5.68. The topological polar surface area (TPSA) is 42.6 Å². The standard InChI is InChI=1S/C11H18N4/c1-14-7-2-6-13-11(14)15-8-4-10(9-15)3-5-12/h10H,2-4,6-9H2,1H3. The molecule has 0 spiro atoms. The van der Waals surface area contributed by atoms with Crippen molar-refractivity contribution in [3.63, 3.8) is 0 Å². The molecule has 0 radical (unpaired) electrons. The summed E-state index contributed by atoms with van der Waals surface area (Å²) in [5.74, 6) is 1.69. The molecular formula is C11H18N4. The van der Waals surface area contributed by atoms with Gasteiger partial charge in [-0.05, 0) is 18.8 Å². The second kappa shape index (κ2) is 4.52. The Morgan fingerprint density at radius 3 is 3.13 bits per heavy atom. The van der Waals surface area contributed by atoms with Crippen LogP contribution in [0.25, 0.3) is 0 Å². The zero-order chi connectivity index (χ0) is 10.7. The van der Waals surface area contributed by atoms with Gasteiger partial charge in [0.05, 0.1) is 6.07 Å². The van der Waals surface area contributed by atoms with Crippen LogP contribution in [0.5, 0.6) is 0 Å². The lowest BCUT2D eigenvalue weighted by Gasteiger charge is -2.31. The summed E-state index contributed by atoms with van der Waals surface area (Å²) < 4.78 is 0. The smallest absolute Gasteiger partial charge is 0.196 e. The SMILES string of the molecule is CN1CCCN=C1N1CCC(CC#N)C1. The van der Waals surface area contributed by atoms with Crippen LogP contribution < -0.4 is 0 Å². The Hall–Kier alpha value is -1.24. The third kappa shape index (κ3) is 2.23. The first kappa shape index (κ1) is 10.3. The van der Waals surface area contributed by atoms with Crippen LogP contribution in [0.15, 0.2) is 4.99 Å². The second-order valence-corrected chi connectivity index (χ2v) is 4.42. The van der Waals surface area contributed by atoms with E-state index >= 15 is 0 Å². The molecule has 2 aliphatic heterocycles. The van der Waals surface area contributed by atoms with Gasteiger partial charge in [-0.1, -0.05) is 0 Å². The molecule has 0 aromatic rings. The van der Waals surface area contributed by atoms with E-state index < -0.39 is 0 Å². The molecule has 2 aliphatic rings. The third-order valence-electron chi connectivity index (χ3n) is 3.19. The van der Waals surface area contributed by atoms with Gasteiger partial charge in [0.15, 0.2) is 5.96 Å². The first-order valence-electron chi connectivity index (χ1n) is 5.68. The summed E-state index contributed by atoms with van der Waals surface area (Å²) in [6.07, 6.45) is 2.99. The molecule has 4 nitrogen and oxygen atoms in total. The second-order valence-electron chi connectivity index (χ2n) is 4.42. The fraction of sp³-hybridized carbons (Fsp3) is 0.818. The summed E-state index contributed by atoms with van der Waals surface area (Å²) >= 11 is 0. The molecule has 2 heterocycles. The fourth-order valence-corrected chi connectivity index (χ4v) is 2.36. The highest BCUT2D eigenvalue weighted by Gasteiger charge is 2.27. The highest BCUT2D eigenvalue weighted by Crippen LogP contribution is 2.20. The van der Waals surface area contributed by atoms with Crippen LogP contribution in [0.4, 0.5) is 0 Å². The monoisotopic (exact) mass is 206 g/mol. The molecule has 1 atom stereocenters. The van der Waals surface area contributed by atoms with Crippen molar-refractivity contribution in [3.8, 4) is 6.07 Å². The molecule has 0 aliphatic carbocycles. The van der Waals surface area contributed by atoms with Gasteiger partial charge in [0, 0.05) is 39.6 Å². The van der Waals surface area contributed by atoms with Crippen LogP contribution >= 0.6 is 0 Å². The van der Waals surface area contributed by atoms with Crippen molar-refractivity contribution < 1.29 is 0 Å². The Labute approximate surface area is 91.2 Å². The van der Waals surface area contributed by atoms with E-state index in [0.29, 0.717) is 12.3 Å². The van der Waals surface area contributed by atoms with Crippen LogP contribution in [0.2, 0.25) is 0 Å². The van der Waals surface area contributed by atoms with E-state index in [1.165, 1.54) is 0 Å². The lowest BCUT2D eigenvalue weighted by atomic mass is 10.1. The van der Waals surface area contributed by atoms with Gasteiger partial charge in [0.1, 0.15) is 0 Å². The van der Waals surface area contributed by atoms with E-state index in [4.69, 9.17) is 5.26 Å². The molecule has 0 amide bonds. The molecule has 0 aromatic heterocycles. The highest BCUT2D eigenvalue weighted by molar-refractivity contribution is 5.80. The molecule has 0 aromatic carbocycles. The molecule has 82 valence electrons. The van der Waals surface area contributed by atoms with Gasteiger partial charge in [0.25, 0.3) is 0 Å². The fourth-order valence-electron chi connectivity index (χ4n) is 2.36. The van der Waals surface area contributed by atoms with Crippen LogP contribution in [0.1, 0.15) is 19.3 Å². The molecule has 0 N–H and O–H groups in total. The van der Waals surface area contributed by atoms with E-state index in [1.54, 1.807) is 0 Å². The minimum Gasteiger partial charge on any atom is -0.346 e. The van der Waals surface area contributed by atoms with E-state index in [2.05, 4.69) is 27.9 Å². The molecule has 15 heavy (non-hydrogen) atoms. The van der Waals surface area contributed by atoms with Crippen molar-refractivity contribution in [1.29, 1.82) is 5.26 Å². The number of nitrogens with zero attached hydrogens (tertiary/aromatic N) is 4. The lowest BCUT2D eigenvalue weighted by Crippen LogP contribution is -2.44. The molecule has 2 rings (SSSR count). The maximum Gasteiger partial charge on any atom is 0.196 e. The van der Waals surface area contributed by atoms with E-state index in [1.807, 2.05) is 0 Å². The van der Waals surface area contributed by atoms with Gasteiger partial charge in [-0.2, -0.15) is 5.26 Å². The van der Waals surface area contributed by atoms with Gasteiger partial charge >= 0.3 is 0 Å². The van der Waals surface area contributed by atoms with Crippen molar-refractivity contribution in [1.82, 2.24) is 9.80 Å². The minimum absolute atomic E-state index is 0.549. The maximum atomic E-state index is 8.67. The summed E-state index contributed by atoms with van der Waals surface area (Å²) in [5, 5.41) is 8.67. The van der Waals surface area contributed by atoms with Crippen LogP contribution in [-0.4, -0.2) is 49.0 Å². The lowest BCUT2D eigenvalue weighted by molar-refractivity contribution is 0.360. The Balaban J connectivity index is 1.95. The zero-order valence-corrected chi connectivity index (χ0v) is 9.32. The summed E-state index contributed by atoms with van der Waals surface area (Å²) in [5.41, 5.74) is 0.